The fraction of sp³-hybridized carbons (Fsp3) is 0.533. The summed E-state index contributed by atoms with van der Waals surface area (Å²) in [4.78, 5) is 12.1. The topological polar surface area (TPSA) is 63.2 Å². The van der Waals surface area contributed by atoms with Gasteiger partial charge in [-0.3, -0.25) is 4.79 Å². The molecule has 0 aliphatic carbocycles. The van der Waals surface area contributed by atoms with Crippen LogP contribution in [0.2, 0.25) is 0 Å². The van der Waals surface area contributed by atoms with E-state index in [0.717, 1.165) is 31.2 Å². The van der Waals surface area contributed by atoms with Gasteiger partial charge >= 0.3 is 0 Å². The lowest BCUT2D eigenvalue weighted by atomic mass is 10.1. The fourth-order valence-electron chi connectivity index (χ4n) is 2.11. The van der Waals surface area contributed by atoms with Gasteiger partial charge in [0.15, 0.2) is 0 Å². The van der Waals surface area contributed by atoms with Crippen LogP contribution in [-0.2, 0) is 9.05 Å². The summed E-state index contributed by atoms with van der Waals surface area (Å²) < 4.78 is 23.1. The molecule has 21 heavy (non-hydrogen) atoms. The molecule has 0 spiro atoms. The van der Waals surface area contributed by atoms with Gasteiger partial charge in [-0.15, -0.1) is 0 Å². The first-order valence-corrected chi connectivity index (χ1v) is 9.42. The van der Waals surface area contributed by atoms with Gasteiger partial charge in [0.2, 0.25) is 0 Å². The zero-order valence-electron chi connectivity index (χ0n) is 12.6. The molecule has 0 radical (unpaired) electrons. The van der Waals surface area contributed by atoms with Crippen LogP contribution in [0, 0.1) is 6.92 Å². The molecule has 6 heteroatoms. The number of benzene rings is 1. The van der Waals surface area contributed by atoms with Gasteiger partial charge in [0.25, 0.3) is 15.0 Å². The molecule has 1 atom stereocenters. The lowest BCUT2D eigenvalue weighted by Crippen LogP contribution is -2.33. The molecule has 118 valence electrons. The molecule has 0 fully saturated rings. The highest BCUT2D eigenvalue weighted by atomic mass is 35.7. The maximum atomic E-state index is 12.3. The fourth-order valence-corrected chi connectivity index (χ4v) is 3.16. The van der Waals surface area contributed by atoms with Gasteiger partial charge < -0.3 is 5.32 Å². The largest absolute Gasteiger partial charge is 0.350 e. The van der Waals surface area contributed by atoms with Crippen molar-refractivity contribution >= 4 is 25.6 Å². The number of carbonyl (C=O) groups is 1. The summed E-state index contributed by atoms with van der Waals surface area (Å²) in [6, 6.07) is 4.53. The van der Waals surface area contributed by atoms with Crippen molar-refractivity contribution in [2.75, 3.05) is 0 Å². The standard InChI is InChI=1S/C15H22ClNO3S/c1-4-5-6-7-12(3)17-15(18)13-10-11(2)8-9-14(13)21(16,19)20/h8-10,12H,4-7H2,1-3H3,(H,17,18). The highest BCUT2D eigenvalue weighted by Crippen LogP contribution is 2.21. The highest BCUT2D eigenvalue weighted by Gasteiger charge is 2.21. The van der Waals surface area contributed by atoms with Gasteiger partial charge in [0.1, 0.15) is 0 Å². The van der Waals surface area contributed by atoms with E-state index in [1.54, 1.807) is 19.1 Å². The number of carbonyl (C=O) groups excluding carboxylic acids is 1. The first-order valence-electron chi connectivity index (χ1n) is 7.12. The number of halogens is 1. The van der Waals surface area contributed by atoms with E-state index in [4.69, 9.17) is 10.7 Å². The van der Waals surface area contributed by atoms with E-state index in [-0.39, 0.29) is 16.5 Å². The molecule has 0 heterocycles. The van der Waals surface area contributed by atoms with E-state index in [2.05, 4.69) is 12.2 Å². The Balaban J connectivity index is 2.89. The molecular formula is C15H22ClNO3S. The zero-order valence-corrected chi connectivity index (χ0v) is 14.2. The molecule has 0 aromatic heterocycles. The highest BCUT2D eigenvalue weighted by molar-refractivity contribution is 8.13. The van der Waals surface area contributed by atoms with Crippen LogP contribution in [0.1, 0.15) is 55.5 Å². The van der Waals surface area contributed by atoms with E-state index < -0.39 is 15.0 Å². The van der Waals surface area contributed by atoms with E-state index in [0.29, 0.717) is 0 Å². The van der Waals surface area contributed by atoms with Crippen molar-refractivity contribution in [3.63, 3.8) is 0 Å². The summed E-state index contributed by atoms with van der Waals surface area (Å²) in [5.41, 5.74) is 0.912. The van der Waals surface area contributed by atoms with Crippen LogP contribution in [0.15, 0.2) is 23.1 Å². The normalized spacial score (nSPS) is 13.0. The molecule has 1 N–H and O–H groups in total. The van der Waals surface area contributed by atoms with Crippen molar-refractivity contribution in [1.29, 1.82) is 0 Å². The molecule has 1 aromatic rings. The number of hydrogen-bond acceptors (Lipinski definition) is 3. The van der Waals surface area contributed by atoms with Crippen molar-refractivity contribution in [2.24, 2.45) is 0 Å². The molecule has 0 saturated carbocycles. The van der Waals surface area contributed by atoms with E-state index in [1.807, 2.05) is 6.92 Å². The van der Waals surface area contributed by atoms with Crippen LogP contribution in [0.4, 0.5) is 0 Å². The number of nitrogens with one attached hydrogen (secondary N) is 1. The zero-order chi connectivity index (χ0) is 16.0. The third-order valence-corrected chi connectivity index (χ3v) is 4.64. The smallest absolute Gasteiger partial charge is 0.262 e. The Kier molecular flexibility index (Phi) is 6.68. The number of aryl methyl sites for hydroxylation is 1. The molecule has 4 nitrogen and oxygen atoms in total. The van der Waals surface area contributed by atoms with Gasteiger partial charge in [0, 0.05) is 16.7 Å². The molecule has 1 amide bonds. The molecule has 0 saturated heterocycles. The summed E-state index contributed by atoms with van der Waals surface area (Å²) in [7, 11) is 1.45. The molecule has 1 unspecified atom stereocenters. The Morgan fingerprint density at radius 3 is 2.57 bits per heavy atom. The maximum absolute atomic E-state index is 12.3. The van der Waals surface area contributed by atoms with Crippen LogP contribution >= 0.6 is 10.7 Å². The summed E-state index contributed by atoms with van der Waals surface area (Å²) in [5, 5.41) is 2.83. The van der Waals surface area contributed by atoms with Crippen LogP contribution in [0.5, 0.6) is 0 Å². The summed E-state index contributed by atoms with van der Waals surface area (Å²) in [5.74, 6) is -0.401. The first-order chi connectivity index (χ1) is 9.75. The average molecular weight is 332 g/mol. The Bertz CT molecular complexity index is 599. The minimum Gasteiger partial charge on any atom is -0.350 e. The van der Waals surface area contributed by atoms with Crippen LogP contribution < -0.4 is 5.32 Å². The predicted octanol–water partition coefficient (Wildman–Crippen LogP) is 3.62. The Morgan fingerprint density at radius 2 is 2.00 bits per heavy atom. The molecule has 1 aromatic carbocycles. The van der Waals surface area contributed by atoms with Crippen LogP contribution in [-0.4, -0.2) is 20.4 Å². The number of hydrogen-bond donors (Lipinski definition) is 1. The van der Waals surface area contributed by atoms with Crippen molar-refractivity contribution in [3.8, 4) is 0 Å². The summed E-state index contributed by atoms with van der Waals surface area (Å²) in [6.45, 7) is 5.83. The Morgan fingerprint density at radius 1 is 1.33 bits per heavy atom. The second-order valence-electron chi connectivity index (χ2n) is 5.31. The SMILES string of the molecule is CCCCCC(C)NC(=O)c1cc(C)ccc1S(=O)(=O)Cl. The third-order valence-electron chi connectivity index (χ3n) is 3.26. The predicted molar refractivity (Wildman–Crippen MR) is 85.3 cm³/mol. The third kappa shape index (κ3) is 5.67. The first kappa shape index (κ1) is 18.0. The minimum atomic E-state index is -3.94. The molecule has 0 aliphatic heterocycles. The van der Waals surface area contributed by atoms with E-state index in [1.165, 1.54) is 6.07 Å². The lowest BCUT2D eigenvalue weighted by molar-refractivity contribution is 0.0934. The van der Waals surface area contributed by atoms with Crippen molar-refractivity contribution < 1.29 is 13.2 Å². The van der Waals surface area contributed by atoms with Crippen molar-refractivity contribution in [3.05, 3.63) is 29.3 Å². The Labute approximate surface area is 131 Å². The second-order valence-corrected chi connectivity index (χ2v) is 7.84. The molecule has 1 rings (SSSR count). The van der Waals surface area contributed by atoms with Gasteiger partial charge in [-0.1, -0.05) is 37.8 Å². The minimum absolute atomic E-state index is 0.00422. The molecule has 0 aliphatic rings. The molecule has 0 bridgehead atoms. The van der Waals surface area contributed by atoms with Crippen molar-refractivity contribution in [1.82, 2.24) is 5.32 Å². The monoisotopic (exact) mass is 331 g/mol. The van der Waals surface area contributed by atoms with Crippen LogP contribution in [0.3, 0.4) is 0 Å². The number of unbranched alkanes of at least 4 members (excludes halogenated alkanes) is 2. The average Bonchev–Trinajstić information content (AvgIpc) is 2.37. The van der Waals surface area contributed by atoms with Gasteiger partial charge in [-0.2, -0.15) is 0 Å². The van der Waals surface area contributed by atoms with E-state index in [9.17, 15) is 13.2 Å². The molecular weight excluding hydrogens is 310 g/mol. The van der Waals surface area contributed by atoms with E-state index >= 15 is 0 Å². The van der Waals surface area contributed by atoms with Crippen molar-refractivity contribution in [2.45, 2.75) is 57.4 Å². The van der Waals surface area contributed by atoms with Gasteiger partial charge in [-0.25, -0.2) is 8.42 Å². The van der Waals surface area contributed by atoms with Gasteiger partial charge in [0.05, 0.1) is 10.5 Å². The Hall–Kier alpha value is -1.07. The summed E-state index contributed by atoms with van der Waals surface area (Å²) >= 11 is 0. The second kappa shape index (κ2) is 7.80. The number of rotatable bonds is 7. The number of amides is 1. The maximum Gasteiger partial charge on any atom is 0.262 e. The van der Waals surface area contributed by atoms with Crippen LogP contribution in [0.25, 0.3) is 0 Å². The summed E-state index contributed by atoms with van der Waals surface area (Å²) in [6.07, 6.45) is 4.14. The van der Waals surface area contributed by atoms with Gasteiger partial charge in [-0.05, 0) is 32.4 Å². The lowest BCUT2D eigenvalue weighted by Gasteiger charge is -2.15. The quantitative estimate of drug-likeness (QED) is 0.613.